The van der Waals surface area contributed by atoms with Gasteiger partial charge in [0.1, 0.15) is 5.82 Å². The van der Waals surface area contributed by atoms with E-state index in [-0.39, 0.29) is 30.3 Å². The topological polar surface area (TPSA) is 78.3 Å². The highest BCUT2D eigenvalue weighted by molar-refractivity contribution is 7.99. The molecule has 3 aromatic rings. The van der Waals surface area contributed by atoms with Crippen LogP contribution in [0.15, 0.2) is 47.6 Å². The molecule has 1 aliphatic heterocycles. The Balaban J connectivity index is 1.34. The quantitative estimate of drug-likeness (QED) is 0.525. The predicted octanol–water partition coefficient (Wildman–Crippen LogP) is 5.05. The molecule has 1 amide bonds. The van der Waals surface area contributed by atoms with E-state index in [1.807, 2.05) is 4.57 Å². The van der Waals surface area contributed by atoms with Crippen LogP contribution in [0.5, 0.6) is 11.5 Å². The molecular formula is C23H23FN4O3S. The summed E-state index contributed by atoms with van der Waals surface area (Å²) in [7, 11) is 0. The van der Waals surface area contributed by atoms with Crippen LogP contribution in [0, 0.1) is 5.82 Å². The molecule has 0 unspecified atom stereocenters. The zero-order chi connectivity index (χ0) is 21.9. The summed E-state index contributed by atoms with van der Waals surface area (Å²) in [6.07, 6.45) is 5.43. The fraction of sp³-hybridized carbons (Fsp3) is 0.348. The van der Waals surface area contributed by atoms with Gasteiger partial charge in [-0.25, -0.2) is 4.39 Å². The maximum atomic E-state index is 14.5. The van der Waals surface area contributed by atoms with E-state index in [1.165, 1.54) is 24.2 Å². The van der Waals surface area contributed by atoms with E-state index in [1.54, 1.807) is 36.4 Å². The molecule has 1 aromatic heterocycles. The van der Waals surface area contributed by atoms with Crippen LogP contribution in [-0.2, 0) is 4.79 Å². The molecule has 1 saturated carbocycles. The van der Waals surface area contributed by atoms with Crippen molar-refractivity contribution in [2.45, 2.75) is 43.3 Å². The van der Waals surface area contributed by atoms with Gasteiger partial charge in [-0.05, 0) is 37.1 Å². The Labute approximate surface area is 189 Å². The number of thioether (sulfide) groups is 1. The van der Waals surface area contributed by atoms with Crippen molar-refractivity contribution in [1.29, 1.82) is 0 Å². The van der Waals surface area contributed by atoms with Gasteiger partial charge in [-0.2, -0.15) is 0 Å². The Morgan fingerprint density at radius 2 is 1.91 bits per heavy atom. The first kappa shape index (κ1) is 20.8. The van der Waals surface area contributed by atoms with Crippen molar-refractivity contribution in [2.75, 3.05) is 17.9 Å². The molecule has 166 valence electrons. The highest BCUT2D eigenvalue weighted by atomic mass is 32.2. The van der Waals surface area contributed by atoms with Crippen LogP contribution in [0.2, 0.25) is 0 Å². The van der Waals surface area contributed by atoms with Gasteiger partial charge in [0.25, 0.3) is 0 Å². The number of amides is 1. The van der Waals surface area contributed by atoms with Crippen molar-refractivity contribution in [1.82, 2.24) is 14.8 Å². The van der Waals surface area contributed by atoms with Crippen LogP contribution in [0.3, 0.4) is 0 Å². The summed E-state index contributed by atoms with van der Waals surface area (Å²) in [5.74, 6) is 1.47. The Bertz CT molecular complexity index is 1130. The average Bonchev–Trinajstić information content (AvgIpc) is 3.45. The second-order valence-corrected chi connectivity index (χ2v) is 8.80. The third-order valence-corrected chi connectivity index (χ3v) is 6.65. The number of aromatic nitrogens is 3. The molecule has 1 N–H and O–H groups in total. The number of ether oxygens (including phenoxy) is 2. The molecule has 1 aliphatic carbocycles. The van der Waals surface area contributed by atoms with E-state index >= 15 is 0 Å². The van der Waals surface area contributed by atoms with E-state index in [2.05, 4.69) is 15.5 Å². The first-order valence-electron chi connectivity index (χ1n) is 10.7. The zero-order valence-corrected chi connectivity index (χ0v) is 18.2. The van der Waals surface area contributed by atoms with E-state index in [0.29, 0.717) is 33.7 Å². The lowest BCUT2D eigenvalue weighted by atomic mass is 9.95. The molecule has 2 aromatic carbocycles. The number of anilines is 1. The average molecular weight is 455 g/mol. The zero-order valence-electron chi connectivity index (χ0n) is 17.4. The van der Waals surface area contributed by atoms with E-state index in [4.69, 9.17) is 9.47 Å². The highest BCUT2D eigenvalue weighted by Gasteiger charge is 2.25. The summed E-state index contributed by atoms with van der Waals surface area (Å²) in [5.41, 5.74) is 1.07. The van der Waals surface area contributed by atoms with Gasteiger partial charge >= 0.3 is 0 Å². The lowest BCUT2D eigenvalue weighted by Crippen LogP contribution is -2.17. The highest BCUT2D eigenvalue weighted by Crippen LogP contribution is 2.37. The normalized spacial score (nSPS) is 15.7. The van der Waals surface area contributed by atoms with Gasteiger partial charge in [-0.15, -0.1) is 10.2 Å². The van der Waals surface area contributed by atoms with Crippen molar-refractivity contribution in [3.05, 3.63) is 48.3 Å². The van der Waals surface area contributed by atoms with Crippen LogP contribution in [0.25, 0.3) is 11.4 Å². The summed E-state index contributed by atoms with van der Waals surface area (Å²) < 4.78 is 27.2. The van der Waals surface area contributed by atoms with Crippen molar-refractivity contribution >= 4 is 23.4 Å². The van der Waals surface area contributed by atoms with Gasteiger partial charge in [-0.1, -0.05) is 43.2 Å². The summed E-state index contributed by atoms with van der Waals surface area (Å²) >= 11 is 1.31. The lowest BCUT2D eigenvalue weighted by Gasteiger charge is -2.25. The first-order valence-corrected chi connectivity index (χ1v) is 11.7. The lowest BCUT2D eigenvalue weighted by molar-refractivity contribution is -0.113. The van der Waals surface area contributed by atoms with Crippen molar-refractivity contribution in [3.63, 3.8) is 0 Å². The number of hydrogen-bond acceptors (Lipinski definition) is 6. The van der Waals surface area contributed by atoms with E-state index < -0.39 is 0 Å². The van der Waals surface area contributed by atoms with E-state index in [0.717, 1.165) is 25.7 Å². The van der Waals surface area contributed by atoms with Crippen LogP contribution < -0.4 is 14.8 Å². The van der Waals surface area contributed by atoms with Gasteiger partial charge < -0.3 is 14.8 Å². The smallest absolute Gasteiger partial charge is 0.234 e. The second kappa shape index (κ2) is 9.20. The van der Waals surface area contributed by atoms with Gasteiger partial charge in [0.2, 0.25) is 12.7 Å². The second-order valence-electron chi connectivity index (χ2n) is 7.85. The number of halogens is 1. The Kier molecular flexibility index (Phi) is 5.98. The van der Waals surface area contributed by atoms with Crippen LogP contribution in [-0.4, -0.2) is 33.2 Å². The maximum Gasteiger partial charge on any atom is 0.234 e. The fourth-order valence-corrected chi connectivity index (χ4v) is 4.98. The molecule has 5 rings (SSSR count). The Hall–Kier alpha value is -3.07. The molecule has 0 atom stereocenters. The van der Waals surface area contributed by atoms with Gasteiger partial charge in [0, 0.05) is 17.8 Å². The number of fused-ring (bicyclic) bond motifs is 1. The monoisotopic (exact) mass is 454 g/mol. The minimum absolute atomic E-state index is 0.163. The Morgan fingerprint density at radius 3 is 2.75 bits per heavy atom. The molecule has 1 fully saturated rings. The molecule has 7 nitrogen and oxygen atoms in total. The fourth-order valence-electron chi connectivity index (χ4n) is 4.17. The molecule has 0 saturated heterocycles. The minimum atomic E-state index is -0.325. The van der Waals surface area contributed by atoms with Crippen molar-refractivity contribution in [2.24, 2.45) is 0 Å². The number of nitrogens with zero attached hydrogens (tertiary/aromatic N) is 3. The molecular weight excluding hydrogens is 431 g/mol. The predicted molar refractivity (Wildman–Crippen MR) is 119 cm³/mol. The number of rotatable bonds is 6. The molecule has 0 radical (unpaired) electrons. The number of carbonyl (C=O) groups excluding carboxylic acids is 1. The van der Waals surface area contributed by atoms with Crippen molar-refractivity contribution in [3.8, 4) is 22.9 Å². The largest absolute Gasteiger partial charge is 0.454 e. The molecule has 2 aliphatic rings. The molecule has 32 heavy (non-hydrogen) atoms. The van der Waals surface area contributed by atoms with Gasteiger partial charge in [0.15, 0.2) is 22.5 Å². The Morgan fingerprint density at radius 1 is 1.09 bits per heavy atom. The number of benzene rings is 2. The summed E-state index contributed by atoms with van der Waals surface area (Å²) in [5, 5.41) is 12.2. The van der Waals surface area contributed by atoms with Gasteiger partial charge in [0.05, 0.1) is 11.3 Å². The van der Waals surface area contributed by atoms with Crippen LogP contribution >= 0.6 is 11.8 Å². The molecule has 0 bridgehead atoms. The third-order valence-electron chi connectivity index (χ3n) is 5.71. The van der Waals surface area contributed by atoms with E-state index in [9.17, 15) is 9.18 Å². The minimum Gasteiger partial charge on any atom is -0.454 e. The molecule has 0 spiro atoms. The van der Waals surface area contributed by atoms with Crippen LogP contribution in [0.4, 0.5) is 10.1 Å². The van der Waals surface area contributed by atoms with Crippen molar-refractivity contribution < 1.29 is 18.7 Å². The standard InChI is InChI=1S/C23H23FN4O3S/c24-18-9-5-4-8-17(18)22-26-27-23(28(22)16-6-2-1-3-7-16)32-13-21(29)25-15-10-11-19-20(12-15)31-14-30-19/h4-5,8-12,16H,1-3,6-7,13-14H2,(H,25,29). The third kappa shape index (κ3) is 4.29. The summed E-state index contributed by atoms with van der Waals surface area (Å²) in [6, 6.07) is 12.1. The number of nitrogens with one attached hydrogen (secondary N) is 1. The molecule has 2 heterocycles. The SMILES string of the molecule is O=C(CSc1nnc(-c2ccccc2F)n1C1CCCCC1)Nc1ccc2c(c1)OCO2. The summed E-state index contributed by atoms with van der Waals surface area (Å²) in [6.45, 7) is 0.184. The van der Waals surface area contributed by atoms with Crippen LogP contribution in [0.1, 0.15) is 38.1 Å². The number of carbonyl (C=O) groups is 1. The maximum absolute atomic E-state index is 14.5. The number of hydrogen-bond donors (Lipinski definition) is 1. The summed E-state index contributed by atoms with van der Waals surface area (Å²) in [4.78, 5) is 12.6. The molecule has 9 heteroatoms. The first-order chi connectivity index (χ1) is 15.7. The van der Waals surface area contributed by atoms with Gasteiger partial charge in [-0.3, -0.25) is 9.36 Å².